The Morgan fingerprint density at radius 1 is 1.00 bits per heavy atom. The van der Waals surface area contributed by atoms with Crippen LogP contribution in [-0.4, -0.2) is 64.4 Å². The lowest BCUT2D eigenvalue weighted by atomic mass is 9.94. The van der Waals surface area contributed by atoms with Crippen LogP contribution in [0.15, 0.2) is 59.5 Å². The molecule has 0 fully saturated rings. The molecule has 0 saturated heterocycles. The van der Waals surface area contributed by atoms with Crippen LogP contribution in [0.2, 0.25) is 0 Å². The summed E-state index contributed by atoms with van der Waals surface area (Å²) in [5, 5.41) is 10.8. The van der Waals surface area contributed by atoms with Gasteiger partial charge in [-0.25, -0.2) is 8.98 Å². The van der Waals surface area contributed by atoms with E-state index in [1.807, 2.05) is 0 Å². The number of aliphatic hydroxyl groups is 1. The summed E-state index contributed by atoms with van der Waals surface area (Å²) in [6, 6.07) is 13.3. The highest BCUT2D eigenvalue weighted by Gasteiger charge is 2.58. The molecule has 2 unspecified atom stereocenters. The molecule has 0 aliphatic rings. The van der Waals surface area contributed by atoms with E-state index in [4.69, 9.17) is 13.7 Å². The second-order valence-corrected chi connectivity index (χ2v) is 11.3. The molecule has 0 aliphatic carbocycles. The van der Waals surface area contributed by atoms with Crippen molar-refractivity contribution in [2.24, 2.45) is 0 Å². The summed E-state index contributed by atoms with van der Waals surface area (Å²) in [6.07, 6.45) is -4.41. The summed E-state index contributed by atoms with van der Waals surface area (Å²) in [6.45, 7) is 1.63. The topological polar surface area (TPSA) is 142 Å². The van der Waals surface area contributed by atoms with E-state index in [0.29, 0.717) is 12.5 Å². The molecule has 3 atom stereocenters. The summed E-state index contributed by atoms with van der Waals surface area (Å²) in [5.74, 6) is -1.62. The Kier molecular flexibility index (Phi) is 10.4. The van der Waals surface area contributed by atoms with Gasteiger partial charge < -0.3 is 14.6 Å². The fourth-order valence-corrected chi connectivity index (χ4v) is 4.80. The Morgan fingerprint density at radius 3 is 2.11 bits per heavy atom. The second kappa shape index (κ2) is 12.5. The van der Waals surface area contributed by atoms with Crippen LogP contribution in [0.25, 0.3) is 0 Å². The molecule has 15 heteroatoms. The summed E-state index contributed by atoms with van der Waals surface area (Å²) >= 11 is 0. The molecule has 0 amide bonds. The van der Waals surface area contributed by atoms with Crippen molar-refractivity contribution in [2.45, 2.75) is 55.6 Å². The van der Waals surface area contributed by atoms with Gasteiger partial charge in [-0.05, 0) is 38.5 Å². The average molecular weight is 585 g/mol. The molecule has 38 heavy (non-hydrogen) atoms. The zero-order valence-electron chi connectivity index (χ0n) is 20.5. The normalized spacial score (nSPS) is 15.9. The molecule has 0 saturated carbocycles. The number of aryl methyl sites for hydroxylation is 1. The first-order valence-corrected chi connectivity index (χ1v) is 13.8. The minimum absolute atomic E-state index is 0.291. The van der Waals surface area contributed by atoms with Gasteiger partial charge in [0.05, 0.1) is 24.7 Å². The fraction of sp³-hybridized carbons (Fsp3) is 0.435. The number of alkyl halides is 3. The van der Waals surface area contributed by atoms with E-state index in [1.165, 1.54) is 43.3 Å². The molecule has 1 N–H and O–H groups in total. The van der Waals surface area contributed by atoms with E-state index in [9.17, 15) is 39.9 Å². The summed E-state index contributed by atoms with van der Waals surface area (Å²) in [7, 11) is -10.9. The van der Waals surface area contributed by atoms with Gasteiger partial charge in [0.1, 0.15) is 12.2 Å². The molecular weight excluding hydrogens is 557 g/mol. The number of benzene rings is 2. The molecule has 10 nitrogen and oxygen atoms in total. The van der Waals surface area contributed by atoms with Crippen LogP contribution < -0.4 is 0 Å². The Morgan fingerprint density at radius 2 is 1.58 bits per heavy atom. The van der Waals surface area contributed by atoms with Crippen LogP contribution in [0, 0.1) is 6.92 Å². The van der Waals surface area contributed by atoms with Gasteiger partial charge in [0.2, 0.25) is 5.60 Å². The van der Waals surface area contributed by atoms with E-state index in [1.54, 1.807) is 25.1 Å². The summed E-state index contributed by atoms with van der Waals surface area (Å²) in [5.41, 5.74) is -7.90. The molecule has 2 aromatic rings. The lowest BCUT2D eigenvalue weighted by molar-refractivity contribution is -0.191. The van der Waals surface area contributed by atoms with Crippen molar-refractivity contribution in [1.29, 1.82) is 0 Å². The largest absolute Gasteiger partial charge is 0.523 e. The van der Waals surface area contributed by atoms with Crippen LogP contribution >= 0.6 is 0 Å². The van der Waals surface area contributed by atoms with Gasteiger partial charge in [0.15, 0.2) is 0 Å². The molecule has 212 valence electrons. The Labute approximate surface area is 218 Å². The molecule has 0 bridgehead atoms. The first kappa shape index (κ1) is 31.7. The van der Waals surface area contributed by atoms with Gasteiger partial charge >= 0.3 is 21.6 Å². The predicted octanol–water partition coefficient (Wildman–Crippen LogP) is 2.83. The van der Waals surface area contributed by atoms with Crippen LogP contribution in [0.5, 0.6) is 0 Å². The molecule has 0 heterocycles. The Hall–Kier alpha value is -2.56. The maximum atomic E-state index is 13.2. The van der Waals surface area contributed by atoms with Crippen molar-refractivity contribution in [2.75, 3.05) is 13.2 Å². The molecule has 0 aromatic heterocycles. The van der Waals surface area contributed by atoms with Gasteiger partial charge in [-0.1, -0.05) is 48.0 Å². The minimum Gasteiger partial charge on any atom is -0.464 e. The molecule has 2 aromatic carbocycles. The van der Waals surface area contributed by atoms with Crippen molar-refractivity contribution < 1.29 is 57.7 Å². The molecule has 0 spiro atoms. The smallest absolute Gasteiger partial charge is 0.464 e. The lowest BCUT2D eigenvalue weighted by Gasteiger charge is -2.36. The number of rotatable bonds is 13. The highest BCUT2D eigenvalue weighted by molar-refractivity contribution is 7.87. The summed E-state index contributed by atoms with van der Waals surface area (Å²) < 4.78 is 108. The van der Waals surface area contributed by atoms with Crippen LogP contribution in [0.4, 0.5) is 13.2 Å². The minimum atomic E-state index is -6.42. The van der Waals surface area contributed by atoms with Gasteiger partial charge in [0, 0.05) is 0 Å². The Balaban J connectivity index is 2.46. The number of esters is 1. The van der Waals surface area contributed by atoms with E-state index in [2.05, 4.69) is 4.18 Å². The van der Waals surface area contributed by atoms with E-state index >= 15 is 0 Å². The van der Waals surface area contributed by atoms with Crippen LogP contribution in [0.1, 0.15) is 25.0 Å². The first-order valence-electron chi connectivity index (χ1n) is 11.0. The van der Waals surface area contributed by atoms with E-state index < -0.39 is 69.3 Å². The van der Waals surface area contributed by atoms with Crippen LogP contribution in [-0.2, 0) is 49.5 Å². The third-order valence-corrected chi connectivity index (χ3v) is 7.54. The number of hydrogen-bond acceptors (Lipinski definition) is 10. The molecule has 2 rings (SSSR count). The zero-order valence-corrected chi connectivity index (χ0v) is 22.2. The quantitative estimate of drug-likeness (QED) is 0.212. The standard InChI is InChI=1S/C23H27F3O10S2/c1-4-33-21(28)22(3,36-38(31,32)23(24,25)26)20(34-14-17-8-6-5-7-9-17)19(27)15-35-37(29,30)18-12-10-16(2)11-13-18/h5-13,19-20,27H,4,14-15H2,1-3H3/t19-,20?,22?/m1/s1. The predicted molar refractivity (Wildman–Crippen MR) is 126 cm³/mol. The Bertz CT molecular complexity index is 1280. The van der Waals surface area contributed by atoms with Crippen molar-refractivity contribution in [1.82, 2.24) is 0 Å². The average Bonchev–Trinajstić information content (AvgIpc) is 2.83. The SMILES string of the molecule is CCOC(=O)C(C)(OS(=O)(=O)C(F)(F)F)C(OCc1ccccc1)[C@H](O)COS(=O)(=O)c1ccc(C)cc1. The number of carbonyl (C=O) groups excluding carboxylic acids is 1. The number of aliphatic hydroxyl groups excluding tert-OH is 1. The third kappa shape index (κ3) is 7.97. The zero-order chi connectivity index (χ0) is 28.8. The number of halogens is 3. The molecule has 0 aliphatic heterocycles. The second-order valence-electron chi connectivity index (χ2n) is 8.15. The van der Waals surface area contributed by atoms with Gasteiger partial charge in [-0.3, -0.25) is 4.18 Å². The van der Waals surface area contributed by atoms with Gasteiger partial charge in [0.25, 0.3) is 10.1 Å². The maximum Gasteiger partial charge on any atom is 0.523 e. The van der Waals surface area contributed by atoms with E-state index in [-0.39, 0.29) is 4.90 Å². The lowest BCUT2D eigenvalue weighted by Crippen LogP contribution is -2.59. The van der Waals surface area contributed by atoms with Gasteiger partial charge in [-0.15, -0.1) is 0 Å². The van der Waals surface area contributed by atoms with Crippen molar-refractivity contribution >= 4 is 26.2 Å². The monoisotopic (exact) mass is 584 g/mol. The maximum absolute atomic E-state index is 13.2. The van der Waals surface area contributed by atoms with Crippen LogP contribution in [0.3, 0.4) is 0 Å². The molecular formula is C23H27F3O10S2. The number of carbonyl (C=O) groups is 1. The van der Waals surface area contributed by atoms with Gasteiger partial charge in [-0.2, -0.15) is 30.0 Å². The summed E-state index contributed by atoms with van der Waals surface area (Å²) in [4.78, 5) is 12.5. The first-order chi connectivity index (χ1) is 17.5. The molecule has 0 radical (unpaired) electrons. The highest BCUT2D eigenvalue weighted by atomic mass is 32.2. The fourth-order valence-electron chi connectivity index (χ4n) is 3.16. The van der Waals surface area contributed by atoms with Crippen molar-refractivity contribution in [3.05, 3.63) is 65.7 Å². The third-order valence-electron chi connectivity index (χ3n) is 5.12. The highest BCUT2D eigenvalue weighted by Crippen LogP contribution is 2.34. The number of ether oxygens (including phenoxy) is 2. The van der Waals surface area contributed by atoms with Crippen molar-refractivity contribution in [3.8, 4) is 0 Å². The number of hydrogen-bond donors (Lipinski definition) is 1. The van der Waals surface area contributed by atoms with E-state index in [0.717, 1.165) is 5.56 Å². The van der Waals surface area contributed by atoms with Crippen molar-refractivity contribution in [3.63, 3.8) is 0 Å².